The zero-order valence-electron chi connectivity index (χ0n) is 13.3. The van der Waals surface area contributed by atoms with E-state index in [4.69, 9.17) is 4.74 Å². The van der Waals surface area contributed by atoms with Crippen LogP contribution in [0.25, 0.3) is 0 Å². The maximum atomic E-state index is 11.7. The van der Waals surface area contributed by atoms with Crippen LogP contribution in [0, 0.1) is 0 Å². The van der Waals surface area contributed by atoms with Crippen LogP contribution < -0.4 is 5.32 Å². The number of ether oxygens (including phenoxy) is 1. The van der Waals surface area contributed by atoms with Crippen LogP contribution in [0.15, 0.2) is 18.3 Å². The van der Waals surface area contributed by atoms with Crippen molar-refractivity contribution in [1.82, 2.24) is 9.88 Å². The van der Waals surface area contributed by atoms with Crippen LogP contribution in [0.4, 0.5) is 10.6 Å². The third-order valence-corrected chi connectivity index (χ3v) is 3.57. The Kier molecular flexibility index (Phi) is 4.83. The summed E-state index contributed by atoms with van der Waals surface area (Å²) < 4.78 is 5.21. The summed E-state index contributed by atoms with van der Waals surface area (Å²) in [5.74, 6) is 0.522. The summed E-state index contributed by atoms with van der Waals surface area (Å²) in [6.07, 6.45) is 3.79. The topological polar surface area (TPSA) is 54.5 Å². The van der Waals surface area contributed by atoms with Gasteiger partial charge in [0.05, 0.1) is 0 Å². The molecule has 1 N–H and O–H groups in total. The lowest BCUT2D eigenvalue weighted by Crippen LogP contribution is -2.27. The highest BCUT2D eigenvalue weighted by Gasteiger charge is 2.24. The molecule has 1 unspecified atom stereocenters. The first-order valence-electron chi connectivity index (χ1n) is 7.59. The molecule has 116 valence electrons. The average Bonchev–Trinajstić information content (AvgIpc) is 2.85. The Hall–Kier alpha value is -1.62. The minimum absolute atomic E-state index is 0.457. The first-order valence-corrected chi connectivity index (χ1v) is 7.59. The number of anilines is 1. The van der Waals surface area contributed by atoms with E-state index in [0.29, 0.717) is 11.9 Å². The van der Waals surface area contributed by atoms with Gasteiger partial charge >= 0.3 is 6.09 Å². The van der Waals surface area contributed by atoms with E-state index in [1.165, 1.54) is 18.4 Å². The lowest BCUT2D eigenvalue weighted by Gasteiger charge is -2.23. The summed E-state index contributed by atoms with van der Waals surface area (Å²) in [5.41, 5.74) is 0.708. The molecule has 2 heterocycles. The molecule has 1 amide bonds. The van der Waals surface area contributed by atoms with E-state index in [1.807, 2.05) is 39.1 Å². The molecular formula is C16H25N3O2. The molecule has 21 heavy (non-hydrogen) atoms. The number of pyridine rings is 1. The monoisotopic (exact) mass is 291 g/mol. The van der Waals surface area contributed by atoms with Gasteiger partial charge in [-0.1, -0.05) is 13.0 Å². The normalized spacial score (nSPS) is 19.5. The maximum Gasteiger partial charge on any atom is 0.413 e. The fourth-order valence-electron chi connectivity index (χ4n) is 2.67. The summed E-state index contributed by atoms with van der Waals surface area (Å²) in [6.45, 7) is 9.90. The fourth-order valence-corrected chi connectivity index (χ4v) is 2.67. The Morgan fingerprint density at radius 2 is 2.24 bits per heavy atom. The first kappa shape index (κ1) is 15.8. The molecule has 0 saturated carbocycles. The van der Waals surface area contributed by atoms with Crippen molar-refractivity contribution < 1.29 is 9.53 Å². The fraction of sp³-hybridized carbons (Fsp3) is 0.625. The van der Waals surface area contributed by atoms with E-state index in [0.717, 1.165) is 13.1 Å². The minimum atomic E-state index is -0.504. The van der Waals surface area contributed by atoms with Gasteiger partial charge in [0.2, 0.25) is 0 Å². The molecule has 1 aliphatic heterocycles. The summed E-state index contributed by atoms with van der Waals surface area (Å²) in [4.78, 5) is 18.5. The Balaban J connectivity index is 1.97. The highest BCUT2D eigenvalue weighted by Crippen LogP contribution is 2.31. The number of nitrogens with zero attached hydrogens (tertiary/aromatic N) is 2. The Morgan fingerprint density at radius 3 is 2.81 bits per heavy atom. The van der Waals surface area contributed by atoms with E-state index in [2.05, 4.69) is 22.1 Å². The molecule has 1 atom stereocenters. The number of carbonyl (C=O) groups excluding carboxylic acids is 1. The molecule has 1 aliphatic rings. The van der Waals surface area contributed by atoms with Gasteiger partial charge in [-0.05, 0) is 58.3 Å². The molecule has 1 fully saturated rings. The van der Waals surface area contributed by atoms with Crippen molar-refractivity contribution in [3.63, 3.8) is 0 Å². The van der Waals surface area contributed by atoms with Crippen molar-refractivity contribution in [3.8, 4) is 0 Å². The van der Waals surface area contributed by atoms with Crippen molar-refractivity contribution in [2.75, 3.05) is 18.4 Å². The number of aromatic nitrogens is 1. The van der Waals surface area contributed by atoms with Gasteiger partial charge in [0, 0.05) is 12.2 Å². The van der Waals surface area contributed by atoms with Crippen molar-refractivity contribution in [2.45, 2.75) is 52.2 Å². The van der Waals surface area contributed by atoms with Crippen molar-refractivity contribution in [3.05, 3.63) is 23.9 Å². The Morgan fingerprint density at radius 1 is 1.48 bits per heavy atom. The van der Waals surface area contributed by atoms with Gasteiger partial charge < -0.3 is 4.74 Å². The molecule has 0 bridgehead atoms. The number of nitrogens with one attached hydrogen (secondary N) is 1. The molecule has 5 heteroatoms. The van der Waals surface area contributed by atoms with Crippen LogP contribution in [0.2, 0.25) is 0 Å². The Bertz CT molecular complexity index is 479. The maximum absolute atomic E-state index is 11.7. The van der Waals surface area contributed by atoms with E-state index in [9.17, 15) is 4.79 Å². The standard InChI is InChI=1S/C16H25N3O2/c1-5-19-10-6-7-13(19)12-8-9-14(17-11-12)18-15(20)21-16(2,3)4/h8-9,11,13H,5-7,10H2,1-4H3,(H,17,18,20). The summed E-state index contributed by atoms with van der Waals surface area (Å²) in [5, 5.41) is 2.66. The first-order chi connectivity index (χ1) is 9.89. The smallest absolute Gasteiger partial charge is 0.413 e. The summed E-state index contributed by atoms with van der Waals surface area (Å²) in [7, 11) is 0. The quantitative estimate of drug-likeness (QED) is 0.924. The SMILES string of the molecule is CCN1CCCC1c1ccc(NC(=O)OC(C)(C)C)nc1. The molecule has 1 aromatic heterocycles. The molecule has 2 rings (SSSR count). The van der Waals surface area contributed by atoms with Gasteiger partial charge in [0.15, 0.2) is 0 Å². The van der Waals surface area contributed by atoms with Gasteiger partial charge in [-0.25, -0.2) is 9.78 Å². The van der Waals surface area contributed by atoms with Crippen molar-refractivity contribution in [2.24, 2.45) is 0 Å². The second kappa shape index (κ2) is 6.43. The van der Waals surface area contributed by atoms with Crippen LogP contribution in [-0.2, 0) is 4.74 Å². The summed E-state index contributed by atoms with van der Waals surface area (Å²) >= 11 is 0. The number of carbonyl (C=O) groups is 1. The number of amides is 1. The van der Waals surface area contributed by atoms with E-state index < -0.39 is 11.7 Å². The van der Waals surface area contributed by atoms with Gasteiger partial charge in [0.1, 0.15) is 11.4 Å². The lowest BCUT2D eigenvalue weighted by atomic mass is 10.1. The summed E-state index contributed by atoms with van der Waals surface area (Å²) in [6, 6.07) is 4.34. The molecule has 0 aromatic carbocycles. The van der Waals surface area contributed by atoms with Crippen LogP contribution in [-0.4, -0.2) is 34.7 Å². The van der Waals surface area contributed by atoms with Gasteiger partial charge in [-0.15, -0.1) is 0 Å². The molecule has 0 spiro atoms. The second-order valence-corrected chi connectivity index (χ2v) is 6.39. The Labute approximate surface area is 126 Å². The average molecular weight is 291 g/mol. The second-order valence-electron chi connectivity index (χ2n) is 6.39. The molecule has 0 radical (unpaired) electrons. The molecule has 0 aliphatic carbocycles. The minimum Gasteiger partial charge on any atom is -0.444 e. The predicted molar refractivity (Wildman–Crippen MR) is 83.3 cm³/mol. The predicted octanol–water partition coefficient (Wildman–Crippen LogP) is 3.59. The molecule has 1 aromatic rings. The van der Waals surface area contributed by atoms with Crippen LogP contribution in [0.3, 0.4) is 0 Å². The van der Waals surface area contributed by atoms with Gasteiger partial charge in [0.25, 0.3) is 0 Å². The molecular weight excluding hydrogens is 266 g/mol. The van der Waals surface area contributed by atoms with E-state index in [1.54, 1.807) is 0 Å². The van der Waals surface area contributed by atoms with Crippen LogP contribution in [0.5, 0.6) is 0 Å². The van der Waals surface area contributed by atoms with Gasteiger partial charge in [-0.3, -0.25) is 10.2 Å². The number of rotatable bonds is 3. The van der Waals surface area contributed by atoms with E-state index >= 15 is 0 Å². The number of hydrogen-bond acceptors (Lipinski definition) is 4. The molecule has 5 nitrogen and oxygen atoms in total. The third-order valence-electron chi connectivity index (χ3n) is 3.57. The largest absolute Gasteiger partial charge is 0.444 e. The zero-order chi connectivity index (χ0) is 15.5. The van der Waals surface area contributed by atoms with Crippen LogP contribution >= 0.6 is 0 Å². The van der Waals surface area contributed by atoms with Crippen molar-refractivity contribution >= 4 is 11.9 Å². The zero-order valence-corrected chi connectivity index (χ0v) is 13.3. The number of likely N-dealkylation sites (tertiary alicyclic amines) is 1. The molecule has 1 saturated heterocycles. The van der Waals surface area contributed by atoms with Gasteiger partial charge in [-0.2, -0.15) is 0 Å². The van der Waals surface area contributed by atoms with E-state index in [-0.39, 0.29) is 0 Å². The number of hydrogen-bond donors (Lipinski definition) is 1. The van der Waals surface area contributed by atoms with Crippen LogP contribution in [0.1, 0.15) is 52.1 Å². The third kappa shape index (κ3) is 4.43. The highest BCUT2D eigenvalue weighted by molar-refractivity contribution is 5.83. The lowest BCUT2D eigenvalue weighted by molar-refractivity contribution is 0.0635. The highest BCUT2D eigenvalue weighted by atomic mass is 16.6. The van der Waals surface area contributed by atoms with Crippen molar-refractivity contribution in [1.29, 1.82) is 0 Å².